The van der Waals surface area contributed by atoms with E-state index >= 15 is 0 Å². The Morgan fingerprint density at radius 2 is 1.45 bits per heavy atom. The van der Waals surface area contributed by atoms with E-state index in [2.05, 4.69) is 10.6 Å². The number of amidine groups is 1. The molecule has 2 aliphatic rings. The van der Waals surface area contributed by atoms with E-state index in [4.69, 9.17) is 5.41 Å². The van der Waals surface area contributed by atoms with Gasteiger partial charge >= 0.3 is 0 Å². The highest BCUT2D eigenvalue weighted by Crippen LogP contribution is 2.24. The van der Waals surface area contributed by atoms with Crippen LogP contribution in [-0.2, 0) is 14.4 Å². The third-order valence-corrected chi connectivity index (χ3v) is 3.03. The number of hydrogen-bond donors (Lipinski definition) is 3. The smallest absolute Gasteiger partial charge is 0.258 e. The first-order chi connectivity index (χ1) is 9.54. The Hall–Kier alpha value is -3.02. The van der Waals surface area contributed by atoms with E-state index in [9.17, 15) is 14.4 Å². The van der Waals surface area contributed by atoms with Crippen molar-refractivity contribution >= 4 is 34.7 Å². The minimum Gasteiger partial charge on any atom is -0.307 e. The first kappa shape index (κ1) is 12.0. The molecule has 0 fully saturated rings. The van der Waals surface area contributed by atoms with Crippen LogP contribution in [0.1, 0.15) is 11.1 Å². The van der Waals surface area contributed by atoms with E-state index in [1.807, 2.05) is 0 Å². The highest BCUT2D eigenvalue weighted by atomic mass is 16.2. The molecule has 0 aromatic heterocycles. The molecule has 0 atom stereocenters. The van der Waals surface area contributed by atoms with E-state index in [0.717, 1.165) is 0 Å². The van der Waals surface area contributed by atoms with Crippen molar-refractivity contribution in [2.75, 3.05) is 0 Å². The van der Waals surface area contributed by atoms with Crippen LogP contribution in [0.2, 0.25) is 0 Å². The molecule has 0 spiro atoms. The van der Waals surface area contributed by atoms with Gasteiger partial charge in [0, 0.05) is 17.7 Å². The van der Waals surface area contributed by atoms with Crippen LogP contribution < -0.4 is 10.6 Å². The highest BCUT2D eigenvalue weighted by Gasteiger charge is 2.24. The van der Waals surface area contributed by atoms with Gasteiger partial charge in [0.2, 0.25) is 5.91 Å². The van der Waals surface area contributed by atoms with Crippen molar-refractivity contribution in [1.82, 2.24) is 10.6 Å². The van der Waals surface area contributed by atoms with Crippen molar-refractivity contribution in [3.05, 3.63) is 47.5 Å². The van der Waals surface area contributed by atoms with Crippen LogP contribution in [0.5, 0.6) is 0 Å². The second-order valence-corrected chi connectivity index (χ2v) is 4.38. The lowest BCUT2D eigenvalue weighted by Crippen LogP contribution is -2.22. The second kappa shape index (κ2) is 4.27. The number of carbonyl (C=O) groups excluding carboxylic acids is 3. The summed E-state index contributed by atoms with van der Waals surface area (Å²) >= 11 is 0. The summed E-state index contributed by atoms with van der Waals surface area (Å²) in [7, 11) is 0. The lowest BCUT2D eigenvalue weighted by atomic mass is 9.99. The fourth-order valence-corrected chi connectivity index (χ4v) is 2.14. The second-order valence-electron chi connectivity index (χ2n) is 4.38. The van der Waals surface area contributed by atoms with Gasteiger partial charge in [0.1, 0.15) is 5.84 Å². The summed E-state index contributed by atoms with van der Waals surface area (Å²) < 4.78 is 0. The summed E-state index contributed by atoms with van der Waals surface area (Å²) in [4.78, 5) is 34.0. The highest BCUT2D eigenvalue weighted by molar-refractivity contribution is 6.35. The largest absolute Gasteiger partial charge is 0.307 e. The zero-order valence-electron chi connectivity index (χ0n) is 10.2. The summed E-state index contributed by atoms with van der Waals surface area (Å²) in [6.45, 7) is 0. The molecular weight excluding hydrogens is 258 g/mol. The monoisotopic (exact) mass is 267 g/mol. The van der Waals surface area contributed by atoms with Gasteiger partial charge < -0.3 is 5.32 Å². The molecule has 1 aromatic rings. The van der Waals surface area contributed by atoms with Crippen molar-refractivity contribution < 1.29 is 14.4 Å². The molecule has 6 heteroatoms. The predicted octanol–water partition coefficient (Wildman–Crippen LogP) is 0.217. The Morgan fingerprint density at radius 1 is 0.850 bits per heavy atom. The zero-order chi connectivity index (χ0) is 14.3. The molecule has 20 heavy (non-hydrogen) atoms. The lowest BCUT2D eigenvalue weighted by Gasteiger charge is -2.06. The third kappa shape index (κ3) is 1.93. The number of benzene rings is 1. The number of carbonyl (C=O) groups is 3. The van der Waals surface area contributed by atoms with Crippen molar-refractivity contribution in [3.63, 3.8) is 0 Å². The summed E-state index contributed by atoms with van der Waals surface area (Å²) in [6.07, 6.45) is 2.56. The van der Waals surface area contributed by atoms with Crippen LogP contribution >= 0.6 is 0 Å². The van der Waals surface area contributed by atoms with E-state index < -0.39 is 11.8 Å². The van der Waals surface area contributed by atoms with Crippen molar-refractivity contribution in [1.29, 1.82) is 5.41 Å². The molecule has 0 radical (unpaired) electrons. The van der Waals surface area contributed by atoms with Gasteiger partial charge in [-0.3, -0.25) is 25.1 Å². The quantitative estimate of drug-likeness (QED) is 0.668. The van der Waals surface area contributed by atoms with Crippen molar-refractivity contribution in [2.45, 2.75) is 0 Å². The molecular formula is C14H9N3O3. The van der Waals surface area contributed by atoms with Crippen LogP contribution in [0, 0.1) is 5.41 Å². The number of rotatable bonds is 2. The van der Waals surface area contributed by atoms with Crippen LogP contribution in [0.3, 0.4) is 0 Å². The van der Waals surface area contributed by atoms with E-state index in [1.165, 1.54) is 12.2 Å². The fraction of sp³-hybridized carbons (Fsp3) is 0. The molecule has 0 aliphatic carbocycles. The summed E-state index contributed by atoms with van der Waals surface area (Å²) in [5.41, 5.74) is 1.95. The maximum atomic E-state index is 11.6. The predicted molar refractivity (Wildman–Crippen MR) is 71.4 cm³/mol. The minimum absolute atomic E-state index is 0.0214. The third-order valence-electron chi connectivity index (χ3n) is 3.03. The molecule has 2 heterocycles. The molecule has 6 nitrogen and oxygen atoms in total. The Labute approximate surface area is 113 Å². The standard InChI is InChI=1S/C14H9N3O3/c15-13-9(5-11(18)16-13)7-2-1-3-8(4-7)10-6-12(19)17-14(10)20/h1-6H,(H2,15,16,18)(H,17,19,20). The molecule has 3 amide bonds. The van der Waals surface area contributed by atoms with Crippen LogP contribution in [0.15, 0.2) is 36.4 Å². The summed E-state index contributed by atoms with van der Waals surface area (Å²) in [5.74, 6) is -1.21. The topological polar surface area (TPSA) is 99.1 Å². The zero-order valence-corrected chi connectivity index (χ0v) is 10.2. The molecule has 2 aliphatic heterocycles. The minimum atomic E-state index is -0.447. The van der Waals surface area contributed by atoms with Crippen LogP contribution in [-0.4, -0.2) is 23.6 Å². The van der Waals surface area contributed by atoms with Gasteiger partial charge in [0.15, 0.2) is 0 Å². The SMILES string of the molecule is N=C1NC(=O)C=C1c1cccc(C2=CC(=O)NC2=O)c1. The van der Waals surface area contributed by atoms with E-state index in [1.54, 1.807) is 24.3 Å². The lowest BCUT2D eigenvalue weighted by molar-refractivity contribution is -0.123. The van der Waals surface area contributed by atoms with E-state index in [0.29, 0.717) is 16.7 Å². The number of amides is 3. The van der Waals surface area contributed by atoms with Crippen LogP contribution in [0.25, 0.3) is 11.1 Å². The van der Waals surface area contributed by atoms with Gasteiger partial charge in [-0.05, 0) is 17.2 Å². The van der Waals surface area contributed by atoms with Crippen LogP contribution in [0.4, 0.5) is 0 Å². The van der Waals surface area contributed by atoms with Gasteiger partial charge in [0.05, 0.1) is 5.57 Å². The van der Waals surface area contributed by atoms with Crippen molar-refractivity contribution in [3.8, 4) is 0 Å². The van der Waals surface area contributed by atoms with Gasteiger partial charge in [-0.2, -0.15) is 0 Å². The van der Waals surface area contributed by atoms with E-state index in [-0.39, 0.29) is 17.3 Å². The Morgan fingerprint density at radius 3 is 2.00 bits per heavy atom. The summed E-state index contributed by atoms with van der Waals surface area (Å²) in [6, 6.07) is 6.81. The Bertz CT molecular complexity index is 685. The van der Waals surface area contributed by atoms with Gasteiger partial charge in [-0.15, -0.1) is 0 Å². The van der Waals surface area contributed by atoms with Crippen molar-refractivity contribution in [2.24, 2.45) is 0 Å². The number of hydrogen-bond acceptors (Lipinski definition) is 4. The molecule has 0 saturated carbocycles. The molecule has 0 bridgehead atoms. The van der Waals surface area contributed by atoms with Gasteiger partial charge in [0.25, 0.3) is 11.8 Å². The number of nitrogens with one attached hydrogen (secondary N) is 3. The normalized spacial score (nSPS) is 17.8. The van der Waals surface area contributed by atoms with Gasteiger partial charge in [-0.25, -0.2) is 0 Å². The molecule has 3 N–H and O–H groups in total. The average Bonchev–Trinajstić information content (AvgIpc) is 2.91. The summed E-state index contributed by atoms with van der Waals surface area (Å²) in [5, 5.41) is 12.2. The Kier molecular flexibility index (Phi) is 2.57. The maximum Gasteiger partial charge on any atom is 0.258 e. The molecule has 0 unspecified atom stereocenters. The first-order valence-electron chi connectivity index (χ1n) is 5.84. The molecule has 0 saturated heterocycles. The fourth-order valence-electron chi connectivity index (χ4n) is 2.14. The Balaban J connectivity index is 2.03. The first-order valence-corrected chi connectivity index (χ1v) is 5.84. The average molecular weight is 267 g/mol. The van der Waals surface area contributed by atoms with Gasteiger partial charge in [-0.1, -0.05) is 18.2 Å². The molecule has 98 valence electrons. The molecule has 1 aromatic carbocycles. The molecule has 3 rings (SSSR count). The number of imide groups is 1. The maximum absolute atomic E-state index is 11.6.